The van der Waals surface area contributed by atoms with Crippen molar-refractivity contribution in [2.45, 2.75) is 16.4 Å². The van der Waals surface area contributed by atoms with Crippen LogP contribution in [0, 0.1) is 0 Å². The summed E-state index contributed by atoms with van der Waals surface area (Å²) < 4.78 is 72.3. The van der Waals surface area contributed by atoms with E-state index >= 15 is 0 Å². The number of aromatic hydroxyl groups is 1. The van der Waals surface area contributed by atoms with Gasteiger partial charge in [-0.15, -0.1) is 10.2 Å². The van der Waals surface area contributed by atoms with Crippen molar-refractivity contribution in [1.82, 2.24) is 0 Å². The van der Waals surface area contributed by atoms with Gasteiger partial charge in [0.15, 0.2) is 5.75 Å². The molecular weight excluding hydrogens is 667 g/mol. The van der Waals surface area contributed by atoms with Crippen molar-refractivity contribution in [3.8, 4) is 11.5 Å². The SMILES string of the molecule is COc1cc(N=Nc2ccc(N=Nc3ccccc3)cc2)c(CO)cc1N=Nc1ccc2c(S(=O)(=O)O)cc(S(=O)(=O)O)c(N)c2c1O. The molecule has 48 heavy (non-hydrogen) atoms. The maximum Gasteiger partial charge on any atom is 0.296 e. The molecule has 246 valence electrons. The van der Waals surface area contributed by atoms with Gasteiger partial charge < -0.3 is 20.7 Å². The summed E-state index contributed by atoms with van der Waals surface area (Å²) in [6, 6.07) is 21.6. The van der Waals surface area contributed by atoms with Crippen LogP contribution in [0.3, 0.4) is 0 Å². The van der Waals surface area contributed by atoms with E-state index in [4.69, 9.17) is 10.5 Å². The third-order valence-electron chi connectivity index (χ3n) is 6.75. The lowest BCUT2D eigenvalue weighted by atomic mass is 10.1. The number of hydrogen-bond donors (Lipinski definition) is 5. The first-order chi connectivity index (χ1) is 22.8. The normalized spacial score (nSPS) is 12.5. The molecule has 0 aromatic heterocycles. The summed E-state index contributed by atoms with van der Waals surface area (Å²) in [7, 11) is -8.77. The van der Waals surface area contributed by atoms with Gasteiger partial charge in [-0.05, 0) is 54.6 Å². The highest BCUT2D eigenvalue weighted by atomic mass is 32.2. The molecule has 0 unspecified atom stereocenters. The molecule has 0 aliphatic carbocycles. The number of fused-ring (bicyclic) bond motifs is 1. The van der Waals surface area contributed by atoms with Crippen LogP contribution in [0.2, 0.25) is 0 Å². The fourth-order valence-corrected chi connectivity index (χ4v) is 5.88. The lowest BCUT2D eigenvalue weighted by molar-refractivity contribution is 0.282. The molecule has 6 N–H and O–H groups in total. The number of nitrogens with zero attached hydrogens (tertiary/aromatic N) is 6. The highest BCUT2D eigenvalue weighted by Gasteiger charge is 2.26. The molecule has 16 nitrogen and oxygen atoms in total. The minimum Gasteiger partial charge on any atom is -0.505 e. The number of aliphatic hydroxyl groups is 1. The van der Waals surface area contributed by atoms with Gasteiger partial charge >= 0.3 is 0 Å². The third-order valence-corrected chi connectivity index (χ3v) is 8.54. The van der Waals surface area contributed by atoms with Crippen molar-refractivity contribution in [3.63, 3.8) is 0 Å². The Labute approximate surface area is 273 Å². The van der Waals surface area contributed by atoms with E-state index in [9.17, 15) is 36.2 Å². The lowest BCUT2D eigenvalue weighted by Gasteiger charge is -2.13. The average Bonchev–Trinajstić information content (AvgIpc) is 3.05. The minimum atomic E-state index is -5.08. The van der Waals surface area contributed by atoms with E-state index in [0.29, 0.717) is 23.1 Å². The summed E-state index contributed by atoms with van der Waals surface area (Å²) in [5.41, 5.74) is 7.28. The van der Waals surface area contributed by atoms with E-state index in [2.05, 4.69) is 30.7 Å². The number of hydrogen-bond acceptors (Lipinski definition) is 14. The number of phenolic OH excluding ortho intramolecular Hbond substituents is 1. The van der Waals surface area contributed by atoms with Crippen LogP contribution in [0.15, 0.2) is 125 Å². The Kier molecular flexibility index (Phi) is 9.55. The molecule has 0 fully saturated rings. The summed E-state index contributed by atoms with van der Waals surface area (Å²) in [5, 5.41) is 44.9. The van der Waals surface area contributed by atoms with Gasteiger partial charge in [0.25, 0.3) is 20.2 Å². The standard InChI is InChI=1S/C30H25N7O9S2/c1-46-25-14-23(36-34-20-9-7-19(8-10-20)33-32-18-5-3-2-4-6-18)17(16-38)13-24(25)37-35-22-12-11-21-26(47(40,41)42)15-27(48(43,44)45)29(31)28(21)30(22)39/h2-15,38-39H,16,31H2,1H3,(H,40,41,42)(H,43,44,45). The number of benzene rings is 5. The van der Waals surface area contributed by atoms with Crippen molar-refractivity contribution in [1.29, 1.82) is 0 Å². The Morgan fingerprint density at radius 2 is 1.21 bits per heavy atom. The first-order valence-electron chi connectivity index (χ1n) is 13.6. The molecule has 0 saturated heterocycles. The maximum atomic E-state index is 12.0. The van der Waals surface area contributed by atoms with Gasteiger partial charge in [-0.1, -0.05) is 24.3 Å². The molecule has 0 radical (unpaired) electrons. The second kappa shape index (κ2) is 13.6. The fraction of sp³-hybridized carbons (Fsp3) is 0.0667. The van der Waals surface area contributed by atoms with Gasteiger partial charge in [-0.25, -0.2) is 0 Å². The zero-order valence-corrected chi connectivity index (χ0v) is 26.3. The van der Waals surface area contributed by atoms with E-state index in [1.165, 1.54) is 19.2 Å². The summed E-state index contributed by atoms with van der Waals surface area (Å²) in [6.45, 7) is -0.478. The van der Waals surface area contributed by atoms with Gasteiger partial charge in [0.05, 0.1) is 47.5 Å². The smallest absolute Gasteiger partial charge is 0.296 e. The summed E-state index contributed by atoms with van der Waals surface area (Å²) in [5.74, 6) is -0.660. The Balaban J connectivity index is 1.46. The number of rotatable bonds is 10. The predicted molar refractivity (Wildman–Crippen MR) is 174 cm³/mol. The highest BCUT2D eigenvalue weighted by molar-refractivity contribution is 7.87. The van der Waals surface area contributed by atoms with E-state index in [1.807, 2.05) is 30.3 Å². The quantitative estimate of drug-likeness (QED) is 0.0551. The van der Waals surface area contributed by atoms with Gasteiger partial charge in [-0.2, -0.15) is 37.3 Å². The number of ether oxygens (including phenoxy) is 1. The Morgan fingerprint density at radius 1 is 0.667 bits per heavy atom. The number of phenols is 1. The molecule has 0 bridgehead atoms. The molecule has 5 aromatic carbocycles. The molecule has 0 amide bonds. The summed E-state index contributed by atoms with van der Waals surface area (Å²) in [4.78, 5) is -1.99. The Bertz CT molecular complexity index is 2330. The zero-order valence-electron chi connectivity index (χ0n) is 24.7. The van der Waals surface area contributed by atoms with Crippen LogP contribution < -0.4 is 10.5 Å². The summed E-state index contributed by atoms with van der Waals surface area (Å²) in [6.07, 6.45) is 0. The largest absolute Gasteiger partial charge is 0.505 e. The molecule has 0 aliphatic heterocycles. The van der Waals surface area contributed by atoms with Gasteiger partial charge in [0.2, 0.25) is 0 Å². The molecular formula is C30H25N7O9S2. The van der Waals surface area contributed by atoms with Crippen LogP contribution in [0.5, 0.6) is 11.5 Å². The van der Waals surface area contributed by atoms with E-state index in [1.54, 1.807) is 24.3 Å². The maximum absolute atomic E-state index is 12.0. The van der Waals surface area contributed by atoms with Crippen LogP contribution in [-0.2, 0) is 26.8 Å². The number of nitrogens with two attached hydrogens (primary N) is 1. The van der Waals surface area contributed by atoms with Crippen LogP contribution in [0.4, 0.5) is 39.8 Å². The van der Waals surface area contributed by atoms with Crippen LogP contribution in [0.1, 0.15) is 5.56 Å². The molecule has 0 heterocycles. The fourth-order valence-electron chi connectivity index (χ4n) is 4.44. The summed E-state index contributed by atoms with van der Waals surface area (Å²) >= 11 is 0. The zero-order chi connectivity index (χ0) is 34.6. The highest BCUT2D eigenvalue weighted by Crippen LogP contribution is 2.44. The number of methoxy groups -OCH3 is 1. The van der Waals surface area contributed by atoms with Gasteiger partial charge in [0.1, 0.15) is 26.9 Å². The Morgan fingerprint density at radius 3 is 1.77 bits per heavy atom. The van der Waals surface area contributed by atoms with Crippen molar-refractivity contribution in [2.75, 3.05) is 12.8 Å². The van der Waals surface area contributed by atoms with Gasteiger partial charge in [0, 0.05) is 17.0 Å². The Hall–Kier alpha value is -5.66. The topological polar surface area (TPSA) is 259 Å². The molecule has 0 aliphatic rings. The van der Waals surface area contributed by atoms with Crippen LogP contribution >= 0.6 is 0 Å². The number of anilines is 1. The molecule has 18 heteroatoms. The molecule has 0 spiro atoms. The van der Waals surface area contributed by atoms with Crippen molar-refractivity contribution < 1.29 is 40.9 Å². The number of nitrogen functional groups attached to an aromatic ring is 1. The van der Waals surface area contributed by atoms with Crippen molar-refractivity contribution in [2.24, 2.45) is 30.7 Å². The number of azo groups is 3. The second-order valence-corrected chi connectivity index (χ2v) is 12.6. The second-order valence-electron chi connectivity index (χ2n) is 9.86. The van der Waals surface area contributed by atoms with Crippen molar-refractivity contribution >= 4 is 70.8 Å². The molecule has 0 saturated carbocycles. The monoisotopic (exact) mass is 691 g/mol. The first-order valence-corrected chi connectivity index (χ1v) is 16.4. The van der Waals surface area contributed by atoms with E-state index in [0.717, 1.165) is 12.1 Å². The predicted octanol–water partition coefficient (Wildman–Crippen LogP) is 7.37. The lowest BCUT2D eigenvalue weighted by Crippen LogP contribution is -2.08. The average molecular weight is 692 g/mol. The third kappa shape index (κ3) is 7.32. The van der Waals surface area contributed by atoms with Gasteiger partial charge in [-0.3, -0.25) is 9.11 Å². The van der Waals surface area contributed by atoms with E-state index < -0.39 is 53.5 Å². The van der Waals surface area contributed by atoms with Crippen LogP contribution in [0.25, 0.3) is 10.8 Å². The first kappa shape index (κ1) is 33.7. The van der Waals surface area contributed by atoms with Crippen molar-refractivity contribution in [3.05, 3.63) is 90.5 Å². The van der Waals surface area contributed by atoms with Crippen LogP contribution in [-0.4, -0.2) is 43.3 Å². The molecule has 0 atom stereocenters. The van der Waals surface area contributed by atoms with E-state index in [-0.39, 0.29) is 33.8 Å². The minimum absolute atomic E-state index is 0.0754. The molecule has 5 rings (SSSR count). The molecule has 5 aromatic rings. The number of aliphatic hydroxyl groups excluding tert-OH is 1.